The van der Waals surface area contributed by atoms with Crippen LogP contribution in [0, 0.1) is 5.92 Å². The molecule has 8 heteroatoms. The van der Waals surface area contributed by atoms with Crippen LogP contribution in [0.3, 0.4) is 0 Å². The Morgan fingerprint density at radius 1 is 1.41 bits per heavy atom. The number of piperidine rings is 2. The van der Waals surface area contributed by atoms with Crippen LogP contribution >= 0.6 is 0 Å². The van der Waals surface area contributed by atoms with Crippen molar-refractivity contribution in [2.24, 2.45) is 5.92 Å². The zero-order chi connectivity index (χ0) is 16.3. The zero-order valence-corrected chi connectivity index (χ0v) is 12.6. The number of nitrogens with one attached hydrogen (secondary N) is 2. The van der Waals surface area contributed by atoms with Gasteiger partial charge in [0.2, 0.25) is 11.8 Å². The number of halogens is 3. The Morgan fingerprint density at radius 3 is 2.77 bits per heavy atom. The Labute approximate surface area is 127 Å². The first-order valence-electron chi connectivity index (χ1n) is 7.65. The van der Waals surface area contributed by atoms with Gasteiger partial charge in [-0.25, -0.2) is 0 Å². The fourth-order valence-electron chi connectivity index (χ4n) is 3.11. The van der Waals surface area contributed by atoms with Gasteiger partial charge in [-0.3, -0.25) is 9.59 Å². The van der Waals surface area contributed by atoms with E-state index in [-0.39, 0.29) is 24.4 Å². The average molecular weight is 321 g/mol. The summed E-state index contributed by atoms with van der Waals surface area (Å²) < 4.78 is 37.3. The summed E-state index contributed by atoms with van der Waals surface area (Å²) in [5, 5.41) is 5.88. The highest BCUT2D eigenvalue weighted by Crippen LogP contribution is 2.22. The second-order valence-corrected chi connectivity index (χ2v) is 6.15. The lowest BCUT2D eigenvalue weighted by Crippen LogP contribution is -2.55. The van der Waals surface area contributed by atoms with E-state index in [0.29, 0.717) is 25.7 Å². The van der Waals surface area contributed by atoms with Gasteiger partial charge in [0.05, 0.1) is 0 Å². The van der Waals surface area contributed by atoms with Crippen LogP contribution in [-0.4, -0.2) is 54.6 Å². The second kappa shape index (κ2) is 6.85. The molecule has 0 spiro atoms. The van der Waals surface area contributed by atoms with E-state index in [4.69, 9.17) is 0 Å². The first kappa shape index (κ1) is 17.1. The van der Waals surface area contributed by atoms with Gasteiger partial charge in [0.15, 0.2) is 0 Å². The molecule has 5 nitrogen and oxygen atoms in total. The molecule has 0 aromatic heterocycles. The van der Waals surface area contributed by atoms with Crippen LogP contribution in [0.5, 0.6) is 0 Å². The lowest BCUT2D eigenvalue weighted by Gasteiger charge is -2.34. The van der Waals surface area contributed by atoms with Gasteiger partial charge < -0.3 is 15.5 Å². The summed E-state index contributed by atoms with van der Waals surface area (Å²) in [6, 6.07) is -0.595. The highest BCUT2D eigenvalue weighted by atomic mass is 19.4. The van der Waals surface area contributed by atoms with Crippen molar-refractivity contribution in [3.63, 3.8) is 0 Å². The van der Waals surface area contributed by atoms with E-state index in [1.807, 2.05) is 6.92 Å². The molecular formula is C14H22F3N3O2. The number of alkyl halides is 3. The Hall–Kier alpha value is -1.31. The summed E-state index contributed by atoms with van der Waals surface area (Å²) in [5.74, 6) is -1.03. The monoisotopic (exact) mass is 321 g/mol. The first-order valence-corrected chi connectivity index (χ1v) is 7.65. The minimum Gasteiger partial charge on any atom is -0.344 e. The predicted octanol–water partition coefficient (Wildman–Crippen LogP) is 1.04. The molecule has 126 valence electrons. The van der Waals surface area contributed by atoms with Gasteiger partial charge in [0.25, 0.3) is 0 Å². The van der Waals surface area contributed by atoms with Gasteiger partial charge in [0, 0.05) is 18.5 Å². The first-order chi connectivity index (χ1) is 10.3. The Morgan fingerprint density at radius 2 is 2.14 bits per heavy atom. The molecule has 2 saturated heterocycles. The Bertz CT molecular complexity index is 428. The molecule has 0 radical (unpaired) electrons. The van der Waals surface area contributed by atoms with Gasteiger partial charge in [-0.1, -0.05) is 0 Å². The molecule has 0 aromatic rings. The highest BCUT2D eigenvalue weighted by Gasteiger charge is 2.38. The summed E-state index contributed by atoms with van der Waals surface area (Å²) in [6.07, 6.45) is -2.18. The molecule has 22 heavy (non-hydrogen) atoms. The number of carbonyl (C=O) groups excluding carboxylic acids is 2. The molecule has 0 saturated carbocycles. The fourth-order valence-corrected chi connectivity index (χ4v) is 3.11. The van der Waals surface area contributed by atoms with Crippen molar-refractivity contribution in [1.29, 1.82) is 0 Å². The van der Waals surface area contributed by atoms with Gasteiger partial charge in [-0.15, -0.1) is 0 Å². The summed E-state index contributed by atoms with van der Waals surface area (Å²) in [4.78, 5) is 25.1. The molecule has 2 fully saturated rings. The second-order valence-electron chi connectivity index (χ2n) is 6.15. The quantitative estimate of drug-likeness (QED) is 0.817. The Kier molecular flexibility index (Phi) is 5.31. The Balaban J connectivity index is 1.91. The maximum Gasteiger partial charge on any atom is 0.406 e. The molecule has 0 aromatic carbocycles. The van der Waals surface area contributed by atoms with Crippen LogP contribution in [0.25, 0.3) is 0 Å². The van der Waals surface area contributed by atoms with Crippen molar-refractivity contribution in [1.82, 2.24) is 15.5 Å². The van der Waals surface area contributed by atoms with Crippen LogP contribution in [0.4, 0.5) is 13.2 Å². The van der Waals surface area contributed by atoms with E-state index in [9.17, 15) is 22.8 Å². The summed E-state index contributed by atoms with van der Waals surface area (Å²) in [7, 11) is 0. The number of likely N-dealkylation sites (tertiary alicyclic amines) is 1. The third kappa shape index (κ3) is 4.59. The zero-order valence-electron chi connectivity index (χ0n) is 12.6. The van der Waals surface area contributed by atoms with Crippen molar-refractivity contribution < 1.29 is 22.8 Å². The van der Waals surface area contributed by atoms with Crippen LogP contribution in [0.2, 0.25) is 0 Å². The minimum atomic E-state index is -4.41. The van der Waals surface area contributed by atoms with Crippen LogP contribution in [0.15, 0.2) is 0 Å². The molecule has 3 atom stereocenters. The van der Waals surface area contributed by atoms with Crippen LogP contribution in [-0.2, 0) is 9.59 Å². The maximum absolute atomic E-state index is 12.4. The van der Waals surface area contributed by atoms with E-state index in [1.165, 1.54) is 0 Å². The van der Waals surface area contributed by atoms with Crippen molar-refractivity contribution in [3.8, 4) is 0 Å². The minimum absolute atomic E-state index is 0.0924. The van der Waals surface area contributed by atoms with E-state index >= 15 is 0 Å². The number of nitrogens with zero attached hydrogens (tertiary/aromatic N) is 1. The number of rotatable bonds is 3. The summed E-state index contributed by atoms with van der Waals surface area (Å²) >= 11 is 0. The number of carbonyl (C=O) groups is 2. The van der Waals surface area contributed by atoms with E-state index in [2.05, 4.69) is 10.6 Å². The van der Waals surface area contributed by atoms with Crippen LogP contribution in [0.1, 0.15) is 32.6 Å². The molecular weight excluding hydrogens is 299 g/mol. The predicted molar refractivity (Wildman–Crippen MR) is 74.0 cm³/mol. The lowest BCUT2D eigenvalue weighted by atomic mass is 9.92. The number of amides is 2. The standard InChI is InChI=1S/C14H22F3N3O2/c1-9-7-10(4-5-18-9)12(21)19-11-3-2-6-20(13(11)22)8-14(15,16)17/h9-11,18H,2-8H2,1H3,(H,19,21)/t9-,10-,11?/m0/s1. The molecule has 1 unspecified atom stereocenters. The smallest absolute Gasteiger partial charge is 0.344 e. The van der Waals surface area contributed by atoms with Gasteiger partial charge >= 0.3 is 6.18 Å². The molecule has 2 aliphatic rings. The van der Waals surface area contributed by atoms with Gasteiger partial charge in [0.1, 0.15) is 12.6 Å². The maximum atomic E-state index is 12.4. The highest BCUT2D eigenvalue weighted by molar-refractivity contribution is 5.89. The number of hydrogen-bond acceptors (Lipinski definition) is 3. The molecule has 0 aliphatic carbocycles. The summed E-state index contributed by atoms with van der Waals surface area (Å²) in [6.45, 7) is 1.56. The van der Waals surface area contributed by atoms with Gasteiger partial charge in [-0.05, 0) is 39.2 Å². The molecule has 2 heterocycles. The molecule has 2 aliphatic heterocycles. The van der Waals surface area contributed by atoms with E-state index < -0.39 is 24.7 Å². The van der Waals surface area contributed by atoms with Crippen LogP contribution < -0.4 is 10.6 Å². The third-order valence-corrected chi connectivity index (χ3v) is 4.21. The molecule has 2 N–H and O–H groups in total. The molecule has 0 bridgehead atoms. The lowest BCUT2D eigenvalue weighted by molar-refractivity contribution is -0.165. The van der Waals surface area contributed by atoms with E-state index in [1.54, 1.807) is 0 Å². The third-order valence-electron chi connectivity index (χ3n) is 4.21. The SMILES string of the molecule is C[C@H]1C[C@@H](C(=O)NC2CCCN(CC(F)(F)F)C2=O)CCN1. The van der Waals surface area contributed by atoms with Crippen molar-refractivity contribution in [2.75, 3.05) is 19.6 Å². The molecule has 2 rings (SSSR count). The summed E-state index contributed by atoms with van der Waals surface area (Å²) in [5.41, 5.74) is 0. The largest absolute Gasteiger partial charge is 0.406 e. The van der Waals surface area contributed by atoms with Crippen molar-refractivity contribution in [2.45, 2.75) is 50.9 Å². The fraction of sp³-hybridized carbons (Fsp3) is 0.857. The average Bonchev–Trinajstić information content (AvgIpc) is 2.42. The number of hydrogen-bond donors (Lipinski definition) is 2. The molecule has 2 amide bonds. The van der Waals surface area contributed by atoms with E-state index in [0.717, 1.165) is 11.4 Å². The van der Waals surface area contributed by atoms with Crippen molar-refractivity contribution >= 4 is 11.8 Å². The topological polar surface area (TPSA) is 61.4 Å². The van der Waals surface area contributed by atoms with Gasteiger partial charge in [-0.2, -0.15) is 13.2 Å². The normalized spacial score (nSPS) is 30.3. The van der Waals surface area contributed by atoms with Crippen molar-refractivity contribution in [3.05, 3.63) is 0 Å².